The molecule has 0 aliphatic carbocycles. The third-order valence-electron chi connectivity index (χ3n) is 5.34. The van der Waals surface area contributed by atoms with Crippen LogP contribution >= 0.6 is 0 Å². The summed E-state index contributed by atoms with van der Waals surface area (Å²) in [7, 11) is 0. The molecule has 0 spiro atoms. The number of ether oxygens (including phenoxy) is 1. The van der Waals surface area contributed by atoms with E-state index >= 15 is 0 Å². The number of nitrogens with two attached hydrogens (primary N) is 2. The average Bonchev–Trinajstić information content (AvgIpc) is 3.28. The Bertz CT molecular complexity index is 701. The van der Waals surface area contributed by atoms with Crippen LogP contribution in [0.2, 0.25) is 0 Å². The van der Waals surface area contributed by atoms with E-state index < -0.39 is 0 Å². The average molecular weight is 330 g/mol. The topological polar surface area (TPSA) is 95.2 Å². The van der Waals surface area contributed by atoms with Gasteiger partial charge in [0, 0.05) is 19.3 Å². The molecule has 2 fully saturated rings. The molecular formula is C17H26N6O. The summed E-state index contributed by atoms with van der Waals surface area (Å²) in [4.78, 5) is 11.0. The highest BCUT2D eigenvalue weighted by Crippen LogP contribution is 2.33. The molecule has 2 aliphatic heterocycles. The summed E-state index contributed by atoms with van der Waals surface area (Å²) in [6, 6.07) is 1.97. The van der Waals surface area contributed by atoms with E-state index in [0.717, 1.165) is 55.8 Å². The molecule has 4 N–H and O–H groups in total. The summed E-state index contributed by atoms with van der Waals surface area (Å²) in [6.07, 6.45) is 8.37. The summed E-state index contributed by atoms with van der Waals surface area (Å²) in [5, 5.41) is 0.897. The molecule has 0 aromatic carbocycles. The maximum atomic E-state index is 6.31. The zero-order chi connectivity index (χ0) is 16.5. The van der Waals surface area contributed by atoms with E-state index in [4.69, 9.17) is 16.2 Å². The molecule has 24 heavy (non-hydrogen) atoms. The number of hydrogen-bond donors (Lipinski definition) is 2. The third-order valence-corrected chi connectivity index (χ3v) is 5.34. The predicted molar refractivity (Wildman–Crippen MR) is 93.3 cm³/mol. The van der Waals surface area contributed by atoms with Crippen molar-refractivity contribution < 1.29 is 4.74 Å². The van der Waals surface area contributed by atoms with Gasteiger partial charge in [0.2, 0.25) is 0 Å². The maximum absolute atomic E-state index is 6.31. The minimum Gasteiger partial charge on any atom is -0.383 e. The van der Waals surface area contributed by atoms with E-state index in [1.165, 1.54) is 19.3 Å². The molecule has 0 saturated carbocycles. The first-order valence-electron chi connectivity index (χ1n) is 8.89. The van der Waals surface area contributed by atoms with Crippen LogP contribution in [0.1, 0.15) is 31.9 Å². The maximum Gasteiger partial charge on any atom is 0.147 e. The first kappa shape index (κ1) is 15.8. The molecule has 7 nitrogen and oxygen atoms in total. The third kappa shape index (κ3) is 2.99. The first-order chi connectivity index (χ1) is 11.7. The summed E-state index contributed by atoms with van der Waals surface area (Å²) in [5.74, 6) is 1.29. The summed E-state index contributed by atoms with van der Waals surface area (Å²) in [5.41, 5.74) is 12.5. The van der Waals surface area contributed by atoms with Gasteiger partial charge in [0.25, 0.3) is 0 Å². The van der Waals surface area contributed by atoms with E-state index in [9.17, 15) is 0 Å². The first-order valence-corrected chi connectivity index (χ1v) is 8.89. The SMILES string of the molecule is NCCC1CCN(CC2CCC(n3ccc4c(N)ncnc43)O2)C1. The van der Waals surface area contributed by atoms with E-state index in [1.54, 1.807) is 0 Å². The predicted octanol–water partition coefficient (Wildman–Crippen LogP) is 1.36. The second-order valence-corrected chi connectivity index (χ2v) is 7.00. The lowest BCUT2D eigenvalue weighted by atomic mass is 10.1. The Labute approximate surface area is 142 Å². The molecule has 4 heterocycles. The van der Waals surface area contributed by atoms with Crippen LogP contribution in [0.3, 0.4) is 0 Å². The van der Waals surface area contributed by atoms with Gasteiger partial charge in [-0.15, -0.1) is 0 Å². The van der Waals surface area contributed by atoms with Crippen LogP contribution < -0.4 is 11.5 Å². The minimum absolute atomic E-state index is 0.0456. The van der Waals surface area contributed by atoms with E-state index in [-0.39, 0.29) is 6.23 Å². The molecule has 2 saturated heterocycles. The van der Waals surface area contributed by atoms with Crippen molar-refractivity contribution in [3.63, 3.8) is 0 Å². The van der Waals surface area contributed by atoms with Gasteiger partial charge in [0.15, 0.2) is 0 Å². The van der Waals surface area contributed by atoms with Crippen molar-refractivity contribution in [2.45, 2.75) is 38.0 Å². The number of likely N-dealkylation sites (tertiary alicyclic amines) is 1. The molecule has 0 bridgehead atoms. The van der Waals surface area contributed by atoms with Gasteiger partial charge in [-0.1, -0.05) is 0 Å². The van der Waals surface area contributed by atoms with Crippen molar-refractivity contribution in [2.24, 2.45) is 11.7 Å². The fourth-order valence-electron chi connectivity index (χ4n) is 4.09. The Kier molecular flexibility index (Phi) is 4.39. The lowest BCUT2D eigenvalue weighted by Gasteiger charge is -2.21. The molecule has 2 aliphatic rings. The monoisotopic (exact) mass is 330 g/mol. The standard InChI is InChI=1S/C17H26N6O/c18-6-3-12-4-7-22(9-12)10-13-1-2-15(24-13)23-8-5-14-16(19)20-11-21-17(14)23/h5,8,11-13,15H,1-4,6-7,9-10,18H2,(H2,19,20,21). The fraction of sp³-hybridized carbons (Fsp3) is 0.647. The lowest BCUT2D eigenvalue weighted by molar-refractivity contribution is -0.00888. The van der Waals surface area contributed by atoms with Crippen LogP contribution in [0, 0.1) is 5.92 Å². The van der Waals surface area contributed by atoms with Crippen LogP contribution in [0.25, 0.3) is 11.0 Å². The molecule has 130 valence electrons. The Morgan fingerprint density at radius 2 is 2.17 bits per heavy atom. The number of nitrogen functional groups attached to an aromatic ring is 1. The van der Waals surface area contributed by atoms with Gasteiger partial charge in [0.05, 0.1) is 11.5 Å². The van der Waals surface area contributed by atoms with Gasteiger partial charge in [0.1, 0.15) is 24.0 Å². The van der Waals surface area contributed by atoms with Crippen LogP contribution in [-0.4, -0.2) is 51.7 Å². The molecule has 3 unspecified atom stereocenters. The van der Waals surface area contributed by atoms with Gasteiger partial charge < -0.3 is 25.7 Å². The van der Waals surface area contributed by atoms with Gasteiger partial charge in [-0.05, 0) is 50.8 Å². The van der Waals surface area contributed by atoms with Crippen molar-refractivity contribution in [3.8, 4) is 0 Å². The zero-order valence-electron chi connectivity index (χ0n) is 14.0. The zero-order valence-corrected chi connectivity index (χ0v) is 14.0. The number of fused-ring (bicyclic) bond motifs is 1. The molecule has 3 atom stereocenters. The van der Waals surface area contributed by atoms with E-state index in [0.29, 0.717) is 11.9 Å². The molecule has 0 radical (unpaired) electrons. The van der Waals surface area contributed by atoms with Gasteiger partial charge in [-0.2, -0.15) is 0 Å². The second-order valence-electron chi connectivity index (χ2n) is 7.00. The van der Waals surface area contributed by atoms with Crippen molar-refractivity contribution in [2.75, 3.05) is 31.9 Å². The van der Waals surface area contributed by atoms with Crippen LogP contribution in [-0.2, 0) is 4.74 Å². The van der Waals surface area contributed by atoms with Crippen LogP contribution in [0.15, 0.2) is 18.6 Å². The Balaban J connectivity index is 1.39. The van der Waals surface area contributed by atoms with Crippen molar-refractivity contribution >= 4 is 16.9 Å². The number of anilines is 1. The lowest BCUT2D eigenvalue weighted by Crippen LogP contribution is -2.31. The van der Waals surface area contributed by atoms with E-state index in [1.807, 2.05) is 12.3 Å². The second kappa shape index (κ2) is 6.66. The van der Waals surface area contributed by atoms with Gasteiger partial charge in [-0.3, -0.25) is 0 Å². The number of hydrogen-bond acceptors (Lipinski definition) is 6. The van der Waals surface area contributed by atoms with Gasteiger partial charge in [-0.25, -0.2) is 9.97 Å². The molecule has 0 amide bonds. The summed E-state index contributed by atoms with van der Waals surface area (Å²) < 4.78 is 8.40. The minimum atomic E-state index is 0.0456. The van der Waals surface area contributed by atoms with E-state index in [2.05, 4.69) is 19.4 Å². The Morgan fingerprint density at radius 1 is 1.25 bits per heavy atom. The molecule has 4 rings (SSSR count). The molecular weight excluding hydrogens is 304 g/mol. The number of rotatable bonds is 5. The Morgan fingerprint density at radius 3 is 3.04 bits per heavy atom. The highest BCUT2D eigenvalue weighted by molar-refractivity contribution is 5.86. The molecule has 7 heteroatoms. The highest BCUT2D eigenvalue weighted by atomic mass is 16.5. The number of nitrogens with zero attached hydrogens (tertiary/aromatic N) is 4. The number of aromatic nitrogens is 3. The van der Waals surface area contributed by atoms with Crippen molar-refractivity contribution in [1.82, 2.24) is 19.4 Å². The fourth-order valence-corrected chi connectivity index (χ4v) is 4.09. The van der Waals surface area contributed by atoms with Crippen molar-refractivity contribution in [1.29, 1.82) is 0 Å². The molecule has 2 aromatic heterocycles. The highest BCUT2D eigenvalue weighted by Gasteiger charge is 2.31. The molecule has 2 aromatic rings. The van der Waals surface area contributed by atoms with Crippen LogP contribution in [0.4, 0.5) is 5.82 Å². The summed E-state index contributed by atoms with van der Waals surface area (Å²) >= 11 is 0. The summed E-state index contributed by atoms with van der Waals surface area (Å²) in [6.45, 7) is 4.16. The van der Waals surface area contributed by atoms with Crippen LogP contribution in [0.5, 0.6) is 0 Å². The van der Waals surface area contributed by atoms with Gasteiger partial charge >= 0.3 is 0 Å². The quantitative estimate of drug-likeness (QED) is 0.859. The van der Waals surface area contributed by atoms with Crippen molar-refractivity contribution in [3.05, 3.63) is 18.6 Å². The smallest absolute Gasteiger partial charge is 0.147 e. The largest absolute Gasteiger partial charge is 0.383 e. The Hall–Kier alpha value is -1.70. The normalized spacial score (nSPS) is 28.1.